The highest BCUT2D eigenvalue weighted by Gasteiger charge is 2.24. The molecule has 0 saturated heterocycles. The Bertz CT molecular complexity index is 485. The first-order chi connectivity index (χ1) is 9.08. The van der Waals surface area contributed by atoms with Gasteiger partial charge < -0.3 is 5.32 Å². The van der Waals surface area contributed by atoms with Crippen molar-refractivity contribution in [1.29, 1.82) is 0 Å². The fraction of sp³-hybridized carbons (Fsp3) is 0.462. The molecule has 0 aromatic heterocycles. The van der Waals surface area contributed by atoms with Crippen LogP contribution in [0.5, 0.6) is 0 Å². The van der Waals surface area contributed by atoms with Gasteiger partial charge in [-0.2, -0.15) is 0 Å². The number of amides is 1. The number of nitro benzene ring substituents is 1. The number of nitrogens with zero attached hydrogens (tertiary/aromatic N) is 1. The molecule has 5 nitrogen and oxygen atoms in total. The van der Waals surface area contributed by atoms with Crippen molar-refractivity contribution in [3.63, 3.8) is 0 Å². The van der Waals surface area contributed by atoms with Crippen LogP contribution in [0.1, 0.15) is 36.0 Å². The molecule has 102 valence electrons. The van der Waals surface area contributed by atoms with Gasteiger partial charge in [0.05, 0.1) is 4.92 Å². The lowest BCUT2D eigenvalue weighted by molar-refractivity contribution is -0.385. The van der Waals surface area contributed by atoms with E-state index in [0.717, 1.165) is 25.7 Å². The molecule has 0 unspecified atom stereocenters. The average molecular weight is 327 g/mol. The first kappa shape index (κ1) is 14.0. The molecule has 1 saturated carbocycles. The van der Waals surface area contributed by atoms with Crippen LogP contribution in [0, 0.1) is 10.1 Å². The van der Waals surface area contributed by atoms with Gasteiger partial charge in [0, 0.05) is 16.9 Å². The number of benzene rings is 1. The SMILES string of the molecule is O=C(NC1CCC(Br)CC1)c1ccccc1[N+](=O)[O-]. The molecular weight excluding hydrogens is 312 g/mol. The van der Waals surface area contributed by atoms with Gasteiger partial charge in [0.1, 0.15) is 5.56 Å². The summed E-state index contributed by atoms with van der Waals surface area (Å²) >= 11 is 3.56. The van der Waals surface area contributed by atoms with E-state index in [9.17, 15) is 14.9 Å². The lowest BCUT2D eigenvalue weighted by Crippen LogP contribution is -2.38. The van der Waals surface area contributed by atoms with E-state index in [-0.39, 0.29) is 23.2 Å². The number of halogens is 1. The van der Waals surface area contributed by atoms with Gasteiger partial charge in [0.2, 0.25) is 0 Å². The molecule has 0 aliphatic heterocycles. The minimum absolute atomic E-state index is 0.112. The molecule has 1 aliphatic rings. The maximum atomic E-state index is 12.1. The number of alkyl halides is 1. The average Bonchev–Trinajstić information content (AvgIpc) is 2.41. The zero-order valence-corrected chi connectivity index (χ0v) is 11.9. The summed E-state index contributed by atoms with van der Waals surface area (Å²) in [4.78, 5) is 23.0. The second-order valence-corrected chi connectivity index (χ2v) is 5.99. The standard InChI is InChI=1S/C13H15BrN2O3/c14-9-5-7-10(8-6-9)15-13(17)11-3-1-2-4-12(11)16(18)19/h1-4,9-10H,5-8H2,(H,15,17). The molecule has 6 heteroatoms. The molecule has 1 N–H and O–H groups in total. The van der Waals surface area contributed by atoms with Gasteiger partial charge in [-0.3, -0.25) is 14.9 Å². The smallest absolute Gasteiger partial charge is 0.282 e. The molecule has 2 rings (SSSR count). The summed E-state index contributed by atoms with van der Waals surface area (Å²) in [6, 6.07) is 6.15. The van der Waals surface area contributed by atoms with Crippen LogP contribution in [0.3, 0.4) is 0 Å². The normalized spacial score (nSPS) is 22.8. The van der Waals surface area contributed by atoms with Crippen LogP contribution in [-0.2, 0) is 0 Å². The van der Waals surface area contributed by atoms with Crippen molar-refractivity contribution in [3.8, 4) is 0 Å². The topological polar surface area (TPSA) is 72.2 Å². The number of nitro groups is 1. The Kier molecular flexibility index (Phi) is 4.52. The van der Waals surface area contributed by atoms with E-state index in [1.807, 2.05) is 0 Å². The third-order valence-corrected chi connectivity index (χ3v) is 4.25. The summed E-state index contributed by atoms with van der Waals surface area (Å²) in [6.45, 7) is 0. The van der Waals surface area contributed by atoms with E-state index >= 15 is 0 Å². The molecule has 19 heavy (non-hydrogen) atoms. The van der Waals surface area contributed by atoms with Crippen LogP contribution in [0.25, 0.3) is 0 Å². The highest BCUT2D eigenvalue weighted by atomic mass is 79.9. The Morgan fingerprint density at radius 1 is 1.26 bits per heavy atom. The van der Waals surface area contributed by atoms with Crippen molar-refractivity contribution < 1.29 is 9.72 Å². The molecule has 1 fully saturated rings. The van der Waals surface area contributed by atoms with Crippen molar-refractivity contribution in [3.05, 3.63) is 39.9 Å². The molecule has 0 spiro atoms. The Labute approximate surface area is 119 Å². The molecular formula is C13H15BrN2O3. The van der Waals surface area contributed by atoms with E-state index in [1.54, 1.807) is 12.1 Å². The minimum Gasteiger partial charge on any atom is -0.349 e. The van der Waals surface area contributed by atoms with Crippen LogP contribution in [0.2, 0.25) is 0 Å². The van der Waals surface area contributed by atoms with Gasteiger partial charge in [-0.1, -0.05) is 28.1 Å². The summed E-state index contributed by atoms with van der Waals surface area (Å²) in [5.74, 6) is -0.356. The van der Waals surface area contributed by atoms with Crippen LogP contribution in [0.15, 0.2) is 24.3 Å². The van der Waals surface area contributed by atoms with E-state index in [2.05, 4.69) is 21.2 Å². The number of para-hydroxylation sites is 1. The Morgan fingerprint density at radius 2 is 1.89 bits per heavy atom. The molecule has 1 amide bonds. The maximum absolute atomic E-state index is 12.1. The first-order valence-corrected chi connectivity index (χ1v) is 7.18. The number of hydrogen-bond acceptors (Lipinski definition) is 3. The zero-order valence-electron chi connectivity index (χ0n) is 10.3. The summed E-state index contributed by atoms with van der Waals surface area (Å²) in [7, 11) is 0. The van der Waals surface area contributed by atoms with Crippen molar-refractivity contribution in [2.24, 2.45) is 0 Å². The van der Waals surface area contributed by atoms with Crippen LogP contribution < -0.4 is 5.32 Å². The monoisotopic (exact) mass is 326 g/mol. The van der Waals surface area contributed by atoms with Gasteiger partial charge >= 0.3 is 0 Å². The summed E-state index contributed by atoms with van der Waals surface area (Å²) in [5, 5.41) is 13.8. The summed E-state index contributed by atoms with van der Waals surface area (Å²) in [5.41, 5.74) is -0.0114. The predicted octanol–water partition coefficient (Wildman–Crippen LogP) is 3.03. The first-order valence-electron chi connectivity index (χ1n) is 6.26. The highest BCUT2D eigenvalue weighted by molar-refractivity contribution is 9.09. The number of carbonyl (C=O) groups is 1. The minimum atomic E-state index is -0.524. The van der Waals surface area contributed by atoms with Gasteiger partial charge in [0.25, 0.3) is 11.6 Å². The Morgan fingerprint density at radius 3 is 2.53 bits per heavy atom. The maximum Gasteiger partial charge on any atom is 0.282 e. The predicted molar refractivity (Wildman–Crippen MR) is 75.5 cm³/mol. The van der Waals surface area contributed by atoms with Crippen molar-refractivity contribution in [1.82, 2.24) is 5.32 Å². The number of rotatable bonds is 3. The fourth-order valence-corrected chi connectivity index (χ4v) is 2.81. The quantitative estimate of drug-likeness (QED) is 0.527. The lowest BCUT2D eigenvalue weighted by atomic mass is 9.95. The van der Waals surface area contributed by atoms with Crippen LogP contribution in [0.4, 0.5) is 5.69 Å². The summed E-state index contributed by atoms with van der Waals surface area (Å²) in [6.07, 6.45) is 3.84. The molecule has 0 heterocycles. The molecule has 0 radical (unpaired) electrons. The van der Waals surface area contributed by atoms with E-state index in [4.69, 9.17) is 0 Å². The van der Waals surface area contributed by atoms with Crippen LogP contribution >= 0.6 is 15.9 Å². The van der Waals surface area contributed by atoms with Gasteiger partial charge in [-0.15, -0.1) is 0 Å². The second kappa shape index (κ2) is 6.14. The van der Waals surface area contributed by atoms with Crippen molar-refractivity contribution in [2.75, 3.05) is 0 Å². The third kappa shape index (κ3) is 3.53. The fourth-order valence-electron chi connectivity index (χ4n) is 2.29. The van der Waals surface area contributed by atoms with E-state index < -0.39 is 4.92 Å². The molecule has 1 aromatic carbocycles. The Balaban J connectivity index is 2.06. The molecule has 1 aromatic rings. The van der Waals surface area contributed by atoms with E-state index in [0.29, 0.717) is 4.83 Å². The highest BCUT2D eigenvalue weighted by Crippen LogP contribution is 2.25. The molecule has 1 aliphatic carbocycles. The number of nitrogens with one attached hydrogen (secondary N) is 1. The lowest BCUT2D eigenvalue weighted by Gasteiger charge is -2.25. The number of carbonyl (C=O) groups excluding carboxylic acids is 1. The molecule has 0 bridgehead atoms. The largest absolute Gasteiger partial charge is 0.349 e. The Hall–Kier alpha value is -1.43. The number of hydrogen-bond donors (Lipinski definition) is 1. The zero-order chi connectivity index (χ0) is 13.8. The van der Waals surface area contributed by atoms with Crippen molar-refractivity contribution >= 4 is 27.5 Å². The van der Waals surface area contributed by atoms with Gasteiger partial charge in [0.15, 0.2) is 0 Å². The third-order valence-electron chi connectivity index (χ3n) is 3.34. The van der Waals surface area contributed by atoms with Gasteiger partial charge in [-0.05, 0) is 31.7 Å². The van der Waals surface area contributed by atoms with Crippen LogP contribution in [-0.4, -0.2) is 21.7 Å². The van der Waals surface area contributed by atoms with Gasteiger partial charge in [-0.25, -0.2) is 0 Å². The second-order valence-electron chi connectivity index (χ2n) is 4.70. The van der Waals surface area contributed by atoms with Crippen molar-refractivity contribution in [2.45, 2.75) is 36.6 Å². The summed E-state index contributed by atoms with van der Waals surface area (Å²) < 4.78 is 0. The molecule has 0 atom stereocenters. The van der Waals surface area contributed by atoms with E-state index in [1.165, 1.54) is 12.1 Å².